The second-order valence-corrected chi connectivity index (χ2v) is 7.75. The number of ether oxygens (including phenoxy) is 1. The van der Waals surface area contributed by atoms with E-state index in [4.69, 9.17) is 14.2 Å². The van der Waals surface area contributed by atoms with Crippen LogP contribution in [0.1, 0.15) is 60.6 Å². The second-order valence-electron chi connectivity index (χ2n) is 7.75. The lowest BCUT2D eigenvalue weighted by Gasteiger charge is -2.28. The van der Waals surface area contributed by atoms with Crippen molar-refractivity contribution >= 4 is 11.3 Å². The molecule has 0 saturated carbocycles. The average molecular weight is 368 g/mol. The fourth-order valence-electron chi connectivity index (χ4n) is 4.22. The molecule has 3 aromatic heterocycles. The summed E-state index contributed by atoms with van der Waals surface area (Å²) in [7, 11) is 0. The molecule has 27 heavy (non-hydrogen) atoms. The van der Waals surface area contributed by atoms with Gasteiger partial charge in [0.15, 0.2) is 5.82 Å². The number of anilines is 1. The van der Waals surface area contributed by atoms with Crippen molar-refractivity contribution < 1.29 is 9.26 Å². The number of hydrogen-bond donors (Lipinski definition) is 0. The Kier molecular flexibility index (Phi) is 3.89. The van der Waals surface area contributed by atoms with Gasteiger partial charge in [0.1, 0.15) is 23.4 Å². The Hall–Kier alpha value is -2.48. The molecule has 0 spiro atoms. The Morgan fingerprint density at radius 2 is 2.19 bits per heavy atom. The lowest BCUT2D eigenvalue weighted by molar-refractivity contribution is 0.193. The third-order valence-corrected chi connectivity index (χ3v) is 5.61. The first-order valence-electron chi connectivity index (χ1n) is 9.63. The smallest absolute Gasteiger partial charge is 0.158 e. The minimum Gasteiger partial charge on any atom is -0.381 e. The van der Waals surface area contributed by atoms with Crippen LogP contribution in [0.5, 0.6) is 0 Å². The minimum absolute atomic E-state index is 0.306. The predicted molar refractivity (Wildman–Crippen MR) is 99.0 cm³/mol. The van der Waals surface area contributed by atoms with Crippen molar-refractivity contribution in [2.24, 2.45) is 0 Å². The van der Waals surface area contributed by atoms with Gasteiger partial charge < -0.3 is 14.2 Å². The van der Waals surface area contributed by atoms with Gasteiger partial charge in [0, 0.05) is 43.5 Å². The number of fused-ring (bicyclic) bond motifs is 2. The van der Waals surface area contributed by atoms with Crippen molar-refractivity contribution in [1.29, 1.82) is 0 Å². The van der Waals surface area contributed by atoms with Gasteiger partial charge in [0.2, 0.25) is 0 Å². The quantitative estimate of drug-likeness (QED) is 0.703. The third-order valence-electron chi connectivity index (χ3n) is 5.61. The molecule has 0 aromatic carbocycles. The highest BCUT2D eigenvalue weighted by Gasteiger charge is 2.30. The van der Waals surface area contributed by atoms with Crippen LogP contribution >= 0.6 is 0 Å². The van der Waals surface area contributed by atoms with E-state index in [1.165, 1.54) is 5.56 Å². The molecule has 2 aliphatic heterocycles. The summed E-state index contributed by atoms with van der Waals surface area (Å²) in [5.41, 5.74) is 4.35. The summed E-state index contributed by atoms with van der Waals surface area (Å²) < 4.78 is 13.1. The molecule has 5 rings (SSSR count). The van der Waals surface area contributed by atoms with E-state index in [-0.39, 0.29) is 0 Å². The first kappa shape index (κ1) is 16.7. The zero-order valence-corrected chi connectivity index (χ0v) is 16.0. The van der Waals surface area contributed by atoms with Crippen LogP contribution in [0.3, 0.4) is 0 Å². The molecule has 0 aliphatic carbocycles. The molecule has 0 N–H and O–H groups in total. The third kappa shape index (κ3) is 2.62. The molecule has 0 bridgehead atoms. The van der Waals surface area contributed by atoms with Gasteiger partial charge in [0.05, 0.1) is 18.0 Å². The lowest BCUT2D eigenvalue weighted by atomic mass is 9.99. The van der Waals surface area contributed by atoms with Crippen molar-refractivity contribution in [2.75, 3.05) is 24.7 Å². The van der Waals surface area contributed by atoms with Crippen molar-refractivity contribution in [3.63, 3.8) is 0 Å². The van der Waals surface area contributed by atoms with Crippen molar-refractivity contribution in [1.82, 2.24) is 24.7 Å². The maximum Gasteiger partial charge on any atom is 0.158 e. The molecular formula is C19H24N6O2. The van der Waals surface area contributed by atoms with Crippen LogP contribution in [0.15, 0.2) is 10.9 Å². The Labute approximate surface area is 157 Å². The molecule has 3 aromatic rings. The van der Waals surface area contributed by atoms with Gasteiger partial charge in [-0.05, 0) is 13.3 Å². The molecule has 1 saturated heterocycles. The normalized spacial score (nSPS) is 20.0. The Morgan fingerprint density at radius 1 is 1.30 bits per heavy atom. The van der Waals surface area contributed by atoms with Gasteiger partial charge in [-0.25, -0.2) is 14.5 Å². The van der Waals surface area contributed by atoms with Crippen LogP contribution in [0.4, 0.5) is 5.82 Å². The summed E-state index contributed by atoms with van der Waals surface area (Å²) in [4.78, 5) is 11.8. The van der Waals surface area contributed by atoms with Crippen LogP contribution in [0, 0.1) is 6.92 Å². The molecular weight excluding hydrogens is 344 g/mol. The number of imidazole rings is 1. The number of nitrogens with zero attached hydrogens (tertiary/aromatic N) is 6. The lowest BCUT2D eigenvalue weighted by Crippen LogP contribution is -2.32. The average Bonchev–Trinajstić information content (AvgIpc) is 3.39. The van der Waals surface area contributed by atoms with Crippen LogP contribution in [-0.2, 0) is 17.7 Å². The van der Waals surface area contributed by atoms with Crippen LogP contribution < -0.4 is 4.90 Å². The second kappa shape index (κ2) is 6.30. The highest BCUT2D eigenvalue weighted by molar-refractivity contribution is 5.73. The topological polar surface area (TPSA) is 81.6 Å². The highest BCUT2D eigenvalue weighted by atomic mass is 16.5. The Balaban J connectivity index is 1.60. The summed E-state index contributed by atoms with van der Waals surface area (Å²) in [6, 6.07) is 0. The number of hydrogen-bond acceptors (Lipinski definition) is 7. The van der Waals surface area contributed by atoms with Gasteiger partial charge in [-0.1, -0.05) is 19.0 Å². The van der Waals surface area contributed by atoms with Crippen LogP contribution in [0.2, 0.25) is 0 Å². The zero-order chi connectivity index (χ0) is 18.5. The van der Waals surface area contributed by atoms with E-state index < -0.39 is 0 Å². The number of aromatic nitrogens is 5. The maximum absolute atomic E-state index is 5.62. The molecule has 2 aliphatic rings. The fourth-order valence-corrected chi connectivity index (χ4v) is 4.22. The van der Waals surface area contributed by atoms with Crippen LogP contribution in [0.25, 0.3) is 5.52 Å². The standard InChI is InChI=1S/C19H24N6O2/c1-11(2)18-14-8-24(6-4-15(14)23-27-18)19-17-16(13-5-7-26-9-13)22-12(3)25(17)21-10-20-19/h10-11,13H,4-9H2,1-3H3/t13-/m1/s1. The van der Waals surface area contributed by atoms with Crippen molar-refractivity contribution in [2.45, 2.75) is 52.0 Å². The molecule has 5 heterocycles. The zero-order valence-electron chi connectivity index (χ0n) is 16.0. The Morgan fingerprint density at radius 3 is 2.96 bits per heavy atom. The number of rotatable bonds is 3. The first-order valence-corrected chi connectivity index (χ1v) is 9.63. The fraction of sp³-hybridized carbons (Fsp3) is 0.579. The molecule has 8 heteroatoms. The minimum atomic E-state index is 0.306. The number of aryl methyl sites for hydroxylation is 1. The summed E-state index contributed by atoms with van der Waals surface area (Å²) in [6.07, 6.45) is 3.48. The molecule has 1 atom stereocenters. The molecule has 142 valence electrons. The summed E-state index contributed by atoms with van der Waals surface area (Å²) in [5.74, 6) is 3.43. The van der Waals surface area contributed by atoms with E-state index in [9.17, 15) is 0 Å². The SMILES string of the molecule is Cc1nc([C@@H]2CCOC2)c2c(N3CCc4noc(C(C)C)c4C3)ncnn12. The van der Waals surface area contributed by atoms with E-state index in [0.717, 1.165) is 66.8 Å². The highest BCUT2D eigenvalue weighted by Crippen LogP contribution is 2.35. The predicted octanol–water partition coefficient (Wildman–Crippen LogP) is 2.61. The van der Waals surface area contributed by atoms with Crippen molar-refractivity contribution in [3.05, 3.63) is 34.9 Å². The van der Waals surface area contributed by atoms with E-state index in [0.29, 0.717) is 18.4 Å². The molecule has 0 radical (unpaired) electrons. The molecule has 1 fully saturated rings. The van der Waals surface area contributed by atoms with Gasteiger partial charge in [-0.2, -0.15) is 5.10 Å². The van der Waals surface area contributed by atoms with E-state index in [1.807, 2.05) is 11.4 Å². The van der Waals surface area contributed by atoms with Crippen molar-refractivity contribution in [3.8, 4) is 0 Å². The van der Waals surface area contributed by atoms with Gasteiger partial charge >= 0.3 is 0 Å². The van der Waals surface area contributed by atoms with E-state index in [2.05, 4.69) is 34.0 Å². The summed E-state index contributed by atoms with van der Waals surface area (Å²) in [5, 5.41) is 8.74. The van der Waals surface area contributed by atoms with E-state index in [1.54, 1.807) is 6.33 Å². The first-order chi connectivity index (χ1) is 13.1. The van der Waals surface area contributed by atoms with Gasteiger partial charge in [-0.15, -0.1) is 0 Å². The van der Waals surface area contributed by atoms with Crippen LogP contribution in [-0.4, -0.2) is 44.5 Å². The maximum atomic E-state index is 5.62. The molecule has 8 nitrogen and oxygen atoms in total. The summed E-state index contributed by atoms with van der Waals surface area (Å²) in [6.45, 7) is 9.39. The molecule has 0 unspecified atom stereocenters. The Bertz CT molecular complexity index is 986. The van der Waals surface area contributed by atoms with Gasteiger partial charge in [-0.3, -0.25) is 0 Å². The van der Waals surface area contributed by atoms with E-state index >= 15 is 0 Å². The molecule has 0 amide bonds. The summed E-state index contributed by atoms with van der Waals surface area (Å²) >= 11 is 0. The largest absolute Gasteiger partial charge is 0.381 e. The van der Waals surface area contributed by atoms with Gasteiger partial charge in [0.25, 0.3) is 0 Å². The monoisotopic (exact) mass is 368 g/mol.